The molecule has 6 heteroatoms. The minimum absolute atomic E-state index is 0.0848. The first-order chi connectivity index (χ1) is 10.4. The number of benzene rings is 1. The third-order valence-electron chi connectivity index (χ3n) is 4.13. The molecule has 2 rings (SSSR count). The highest BCUT2D eigenvalue weighted by molar-refractivity contribution is 6.43. The molecular formula is C16H20Cl2N2O2. The first-order valence-electron chi connectivity index (χ1n) is 7.43. The van der Waals surface area contributed by atoms with Gasteiger partial charge in [0.2, 0.25) is 5.91 Å². The van der Waals surface area contributed by atoms with Crippen molar-refractivity contribution >= 4 is 35.0 Å². The number of carbonyl (C=O) groups excluding carboxylic acids is 2. The maximum absolute atomic E-state index is 12.4. The van der Waals surface area contributed by atoms with E-state index in [0.717, 1.165) is 25.7 Å². The topological polar surface area (TPSA) is 49.4 Å². The molecule has 1 saturated carbocycles. The quantitative estimate of drug-likeness (QED) is 0.909. The molecule has 0 aromatic heterocycles. The summed E-state index contributed by atoms with van der Waals surface area (Å²) in [5, 5.41) is 3.21. The molecule has 4 nitrogen and oxygen atoms in total. The van der Waals surface area contributed by atoms with Gasteiger partial charge >= 0.3 is 0 Å². The SMILES string of the molecule is C[C@H](NC(=O)c1cccc(Cl)c1Cl)C(=O)N(C)C1CCCC1. The van der Waals surface area contributed by atoms with Gasteiger partial charge in [0.05, 0.1) is 15.6 Å². The van der Waals surface area contributed by atoms with Crippen molar-refractivity contribution in [3.05, 3.63) is 33.8 Å². The van der Waals surface area contributed by atoms with E-state index in [4.69, 9.17) is 23.2 Å². The molecular weight excluding hydrogens is 323 g/mol. The Kier molecular flexibility index (Phi) is 5.70. The molecule has 0 bridgehead atoms. The lowest BCUT2D eigenvalue weighted by atomic mass is 10.1. The number of hydrogen-bond donors (Lipinski definition) is 1. The van der Waals surface area contributed by atoms with Crippen molar-refractivity contribution in [3.63, 3.8) is 0 Å². The molecule has 1 N–H and O–H groups in total. The molecule has 1 atom stereocenters. The average molecular weight is 343 g/mol. The summed E-state index contributed by atoms with van der Waals surface area (Å²) in [5.74, 6) is -0.480. The van der Waals surface area contributed by atoms with Crippen molar-refractivity contribution in [3.8, 4) is 0 Å². The number of halogens is 2. The molecule has 0 heterocycles. The third-order valence-corrected chi connectivity index (χ3v) is 4.95. The van der Waals surface area contributed by atoms with Crippen LogP contribution < -0.4 is 5.32 Å². The van der Waals surface area contributed by atoms with Gasteiger partial charge in [0.15, 0.2) is 0 Å². The fraction of sp³-hybridized carbons (Fsp3) is 0.500. The minimum atomic E-state index is -0.604. The smallest absolute Gasteiger partial charge is 0.253 e. The molecule has 0 spiro atoms. The van der Waals surface area contributed by atoms with Gasteiger partial charge in [-0.05, 0) is 31.9 Å². The molecule has 0 saturated heterocycles. The monoisotopic (exact) mass is 342 g/mol. The average Bonchev–Trinajstić information content (AvgIpc) is 3.02. The van der Waals surface area contributed by atoms with E-state index < -0.39 is 11.9 Å². The van der Waals surface area contributed by atoms with E-state index >= 15 is 0 Å². The molecule has 120 valence electrons. The summed E-state index contributed by atoms with van der Waals surface area (Å²) in [6.07, 6.45) is 4.37. The zero-order chi connectivity index (χ0) is 16.3. The Bertz CT molecular complexity index is 571. The predicted octanol–water partition coefficient (Wildman–Crippen LogP) is 3.51. The fourth-order valence-corrected chi connectivity index (χ4v) is 3.18. The minimum Gasteiger partial charge on any atom is -0.341 e. The summed E-state index contributed by atoms with van der Waals surface area (Å²) in [7, 11) is 1.80. The van der Waals surface area contributed by atoms with Gasteiger partial charge in [0, 0.05) is 13.1 Å². The van der Waals surface area contributed by atoms with Crippen LogP contribution in [0.4, 0.5) is 0 Å². The molecule has 1 aromatic carbocycles. The van der Waals surface area contributed by atoms with Gasteiger partial charge in [-0.1, -0.05) is 42.1 Å². The zero-order valence-electron chi connectivity index (χ0n) is 12.7. The van der Waals surface area contributed by atoms with Crippen molar-refractivity contribution in [2.24, 2.45) is 0 Å². The number of nitrogens with zero attached hydrogens (tertiary/aromatic N) is 1. The Morgan fingerprint density at radius 1 is 1.27 bits per heavy atom. The van der Waals surface area contributed by atoms with E-state index in [1.165, 1.54) is 0 Å². The second-order valence-electron chi connectivity index (χ2n) is 5.68. The molecule has 2 amide bonds. The summed E-state index contributed by atoms with van der Waals surface area (Å²) in [4.78, 5) is 26.4. The Labute approximate surface area is 140 Å². The highest BCUT2D eigenvalue weighted by Gasteiger charge is 2.27. The van der Waals surface area contributed by atoms with Crippen LogP contribution in [-0.2, 0) is 4.79 Å². The predicted molar refractivity (Wildman–Crippen MR) is 88.4 cm³/mol. The Hall–Kier alpha value is -1.26. The van der Waals surface area contributed by atoms with Gasteiger partial charge in [-0.25, -0.2) is 0 Å². The van der Waals surface area contributed by atoms with Crippen LogP contribution in [0.2, 0.25) is 10.0 Å². The van der Waals surface area contributed by atoms with Crippen LogP contribution in [0.1, 0.15) is 43.0 Å². The normalized spacial score (nSPS) is 16.4. The highest BCUT2D eigenvalue weighted by atomic mass is 35.5. The lowest BCUT2D eigenvalue weighted by molar-refractivity contribution is -0.133. The van der Waals surface area contributed by atoms with Gasteiger partial charge in [0.25, 0.3) is 5.91 Å². The summed E-state index contributed by atoms with van der Waals surface area (Å²) in [6.45, 7) is 1.68. The van der Waals surface area contributed by atoms with Gasteiger partial charge < -0.3 is 10.2 Å². The molecule has 0 radical (unpaired) electrons. The molecule has 1 aliphatic carbocycles. The van der Waals surface area contributed by atoms with Crippen molar-refractivity contribution in [1.29, 1.82) is 0 Å². The van der Waals surface area contributed by atoms with Gasteiger partial charge in [-0.15, -0.1) is 0 Å². The molecule has 0 aliphatic heterocycles. The van der Waals surface area contributed by atoms with Crippen LogP contribution in [0.5, 0.6) is 0 Å². The first kappa shape index (κ1) is 17.1. The van der Waals surface area contributed by atoms with E-state index in [1.807, 2.05) is 0 Å². The maximum Gasteiger partial charge on any atom is 0.253 e. The molecule has 1 fully saturated rings. The number of nitrogens with one attached hydrogen (secondary N) is 1. The lowest BCUT2D eigenvalue weighted by Crippen LogP contribution is -2.48. The second kappa shape index (κ2) is 7.34. The number of hydrogen-bond acceptors (Lipinski definition) is 2. The van der Waals surface area contributed by atoms with Crippen molar-refractivity contribution < 1.29 is 9.59 Å². The van der Waals surface area contributed by atoms with E-state index in [9.17, 15) is 9.59 Å². The fourth-order valence-electron chi connectivity index (χ4n) is 2.79. The summed E-state index contributed by atoms with van der Waals surface area (Å²) >= 11 is 11.9. The number of rotatable bonds is 4. The first-order valence-corrected chi connectivity index (χ1v) is 8.19. The van der Waals surface area contributed by atoms with Crippen LogP contribution >= 0.6 is 23.2 Å². The molecule has 0 unspecified atom stereocenters. The number of amides is 2. The summed E-state index contributed by atoms with van der Waals surface area (Å²) in [5.41, 5.74) is 0.275. The molecule has 1 aliphatic rings. The second-order valence-corrected chi connectivity index (χ2v) is 6.47. The van der Waals surface area contributed by atoms with Crippen LogP contribution in [0.15, 0.2) is 18.2 Å². The maximum atomic E-state index is 12.4. The summed E-state index contributed by atoms with van der Waals surface area (Å²) in [6, 6.07) is 4.53. The van der Waals surface area contributed by atoms with Crippen LogP contribution in [0.3, 0.4) is 0 Å². The Morgan fingerprint density at radius 3 is 2.55 bits per heavy atom. The van der Waals surface area contributed by atoms with Gasteiger partial charge in [0.1, 0.15) is 6.04 Å². The van der Waals surface area contributed by atoms with E-state index in [0.29, 0.717) is 5.02 Å². The van der Waals surface area contributed by atoms with E-state index in [2.05, 4.69) is 5.32 Å². The lowest BCUT2D eigenvalue weighted by Gasteiger charge is -2.27. The van der Waals surface area contributed by atoms with Gasteiger partial charge in [-0.2, -0.15) is 0 Å². The molecule has 22 heavy (non-hydrogen) atoms. The summed E-state index contributed by atoms with van der Waals surface area (Å²) < 4.78 is 0. The van der Waals surface area contributed by atoms with Crippen LogP contribution in [0, 0.1) is 0 Å². The van der Waals surface area contributed by atoms with E-state index in [1.54, 1.807) is 37.1 Å². The number of carbonyl (C=O) groups is 2. The van der Waals surface area contributed by atoms with Crippen molar-refractivity contribution in [1.82, 2.24) is 10.2 Å². The van der Waals surface area contributed by atoms with E-state index in [-0.39, 0.29) is 22.5 Å². The van der Waals surface area contributed by atoms with Crippen molar-refractivity contribution in [2.45, 2.75) is 44.7 Å². The standard InChI is InChI=1S/C16H20Cl2N2O2/c1-10(16(22)20(2)11-6-3-4-7-11)19-15(21)12-8-5-9-13(17)14(12)18/h5,8-11H,3-4,6-7H2,1-2H3,(H,19,21)/t10-/m0/s1. The van der Waals surface area contributed by atoms with Crippen LogP contribution in [-0.4, -0.2) is 35.8 Å². The Balaban J connectivity index is 2.01. The van der Waals surface area contributed by atoms with Crippen LogP contribution in [0.25, 0.3) is 0 Å². The largest absolute Gasteiger partial charge is 0.341 e. The van der Waals surface area contributed by atoms with Gasteiger partial charge in [-0.3, -0.25) is 9.59 Å². The Morgan fingerprint density at radius 2 is 1.91 bits per heavy atom. The highest BCUT2D eigenvalue weighted by Crippen LogP contribution is 2.26. The third kappa shape index (κ3) is 3.73. The number of likely N-dealkylation sites (N-methyl/N-ethyl adjacent to an activating group) is 1. The zero-order valence-corrected chi connectivity index (χ0v) is 14.2. The van der Waals surface area contributed by atoms with Crippen molar-refractivity contribution in [2.75, 3.05) is 7.05 Å². The molecule has 1 aromatic rings.